The lowest BCUT2D eigenvalue weighted by molar-refractivity contribution is 0.244. The Morgan fingerprint density at radius 2 is 1.76 bits per heavy atom. The predicted octanol–water partition coefficient (Wildman–Crippen LogP) is 4.34. The molecule has 0 spiro atoms. The second kappa shape index (κ2) is 6.83. The third kappa shape index (κ3) is 3.60. The van der Waals surface area contributed by atoms with Gasteiger partial charge < -0.3 is 10.2 Å². The van der Waals surface area contributed by atoms with Crippen LogP contribution in [0.15, 0.2) is 24.3 Å². The maximum atomic E-state index is 3.49. The van der Waals surface area contributed by atoms with Crippen molar-refractivity contribution >= 4 is 5.69 Å². The summed E-state index contributed by atoms with van der Waals surface area (Å²) in [6, 6.07) is 10.7. The summed E-state index contributed by atoms with van der Waals surface area (Å²) in [6.07, 6.45) is 8.57. The lowest BCUT2D eigenvalue weighted by Gasteiger charge is -2.45. The normalized spacial score (nSPS) is 26.0. The fourth-order valence-corrected chi connectivity index (χ4v) is 4.07. The molecule has 2 heteroatoms. The van der Waals surface area contributed by atoms with Gasteiger partial charge in [-0.1, -0.05) is 38.8 Å². The number of piperidine rings is 1. The second-order valence-electron chi connectivity index (χ2n) is 7.15. The molecule has 1 aromatic carbocycles. The number of fused-ring (bicyclic) bond motifs is 1. The van der Waals surface area contributed by atoms with Gasteiger partial charge in [-0.3, -0.25) is 0 Å². The molecule has 1 saturated carbocycles. The Hall–Kier alpha value is -1.02. The smallest absolute Gasteiger partial charge is 0.0369 e. The molecule has 0 radical (unpaired) electrons. The summed E-state index contributed by atoms with van der Waals surface area (Å²) in [4.78, 5) is 2.70. The number of nitrogens with zero attached hydrogens (tertiary/aromatic N) is 1. The quantitative estimate of drug-likeness (QED) is 0.885. The molecule has 21 heavy (non-hydrogen) atoms. The molecular formula is C19H30N2. The van der Waals surface area contributed by atoms with Crippen LogP contribution in [0.5, 0.6) is 0 Å². The van der Waals surface area contributed by atoms with Crippen LogP contribution in [-0.4, -0.2) is 18.6 Å². The Bertz CT molecular complexity index is 435. The van der Waals surface area contributed by atoms with Crippen molar-refractivity contribution in [2.45, 2.75) is 71.0 Å². The maximum absolute atomic E-state index is 3.49. The summed E-state index contributed by atoms with van der Waals surface area (Å²) < 4.78 is 0. The molecule has 2 atom stereocenters. The largest absolute Gasteiger partial charge is 0.368 e. The van der Waals surface area contributed by atoms with Crippen LogP contribution in [0.3, 0.4) is 0 Å². The minimum absolute atomic E-state index is 0.551. The minimum atomic E-state index is 0.551. The van der Waals surface area contributed by atoms with Crippen LogP contribution in [0.4, 0.5) is 5.69 Å². The molecule has 0 aromatic heterocycles. The summed E-state index contributed by atoms with van der Waals surface area (Å²) in [7, 11) is 0. The monoisotopic (exact) mass is 286 g/mol. The van der Waals surface area contributed by atoms with Crippen molar-refractivity contribution in [1.82, 2.24) is 5.32 Å². The van der Waals surface area contributed by atoms with Crippen LogP contribution in [0, 0.1) is 5.92 Å². The van der Waals surface area contributed by atoms with Gasteiger partial charge in [0, 0.05) is 30.9 Å². The summed E-state index contributed by atoms with van der Waals surface area (Å²) in [6.45, 7) is 6.63. The van der Waals surface area contributed by atoms with Crippen LogP contribution >= 0.6 is 0 Å². The van der Waals surface area contributed by atoms with Gasteiger partial charge in [-0.25, -0.2) is 0 Å². The Kier molecular flexibility index (Phi) is 4.84. The first-order chi connectivity index (χ1) is 10.2. The van der Waals surface area contributed by atoms with Gasteiger partial charge in [-0.05, 0) is 49.3 Å². The Morgan fingerprint density at radius 3 is 2.52 bits per heavy atom. The third-order valence-electron chi connectivity index (χ3n) is 5.23. The van der Waals surface area contributed by atoms with Gasteiger partial charge in [0.25, 0.3) is 0 Å². The topological polar surface area (TPSA) is 15.3 Å². The average Bonchev–Trinajstić information content (AvgIpc) is 2.53. The van der Waals surface area contributed by atoms with Gasteiger partial charge in [0.2, 0.25) is 0 Å². The van der Waals surface area contributed by atoms with E-state index in [4.69, 9.17) is 0 Å². The molecule has 2 unspecified atom stereocenters. The number of rotatable bonds is 4. The highest BCUT2D eigenvalue weighted by atomic mass is 15.2. The van der Waals surface area contributed by atoms with Gasteiger partial charge in [0.05, 0.1) is 0 Å². The number of anilines is 1. The Morgan fingerprint density at radius 1 is 1.05 bits per heavy atom. The highest BCUT2D eigenvalue weighted by Crippen LogP contribution is 2.37. The molecule has 0 bridgehead atoms. The van der Waals surface area contributed by atoms with Crippen molar-refractivity contribution in [3.05, 3.63) is 29.8 Å². The SMILES string of the molecule is CC(C)NCc1ccc(N2CCCC3CCCCC32)cc1. The van der Waals surface area contributed by atoms with Gasteiger partial charge in [0.15, 0.2) is 0 Å². The van der Waals surface area contributed by atoms with E-state index in [1.54, 1.807) is 0 Å². The van der Waals surface area contributed by atoms with E-state index in [1.165, 1.54) is 56.3 Å². The first-order valence-corrected chi connectivity index (χ1v) is 8.83. The highest BCUT2D eigenvalue weighted by Gasteiger charge is 2.33. The van der Waals surface area contributed by atoms with E-state index in [2.05, 4.69) is 48.3 Å². The van der Waals surface area contributed by atoms with Gasteiger partial charge in [-0.2, -0.15) is 0 Å². The summed E-state index contributed by atoms with van der Waals surface area (Å²) in [5.41, 5.74) is 2.84. The van der Waals surface area contributed by atoms with Gasteiger partial charge in [-0.15, -0.1) is 0 Å². The van der Waals surface area contributed by atoms with E-state index in [-0.39, 0.29) is 0 Å². The molecule has 1 aliphatic heterocycles. The van der Waals surface area contributed by atoms with Crippen molar-refractivity contribution in [2.75, 3.05) is 11.4 Å². The zero-order valence-corrected chi connectivity index (χ0v) is 13.6. The zero-order chi connectivity index (χ0) is 14.7. The maximum Gasteiger partial charge on any atom is 0.0369 e. The number of hydrogen-bond donors (Lipinski definition) is 1. The Balaban J connectivity index is 1.67. The van der Waals surface area contributed by atoms with Crippen LogP contribution < -0.4 is 10.2 Å². The van der Waals surface area contributed by atoms with Gasteiger partial charge >= 0.3 is 0 Å². The van der Waals surface area contributed by atoms with Crippen LogP contribution in [-0.2, 0) is 6.54 Å². The summed E-state index contributed by atoms with van der Waals surface area (Å²) >= 11 is 0. The first kappa shape index (κ1) is 14.9. The van der Waals surface area contributed by atoms with E-state index in [0.717, 1.165) is 18.5 Å². The van der Waals surface area contributed by atoms with Gasteiger partial charge in [0.1, 0.15) is 0 Å². The molecule has 1 heterocycles. The summed E-state index contributed by atoms with van der Waals surface area (Å²) in [5, 5.41) is 3.49. The Labute approximate surface area is 129 Å². The van der Waals surface area contributed by atoms with Crippen molar-refractivity contribution in [1.29, 1.82) is 0 Å². The van der Waals surface area contributed by atoms with Crippen LogP contribution in [0.1, 0.15) is 57.9 Å². The van der Waals surface area contributed by atoms with E-state index >= 15 is 0 Å². The minimum Gasteiger partial charge on any atom is -0.368 e. The molecule has 116 valence electrons. The number of nitrogens with one attached hydrogen (secondary N) is 1. The molecule has 1 aliphatic carbocycles. The zero-order valence-electron chi connectivity index (χ0n) is 13.6. The van der Waals surface area contributed by atoms with E-state index in [1.807, 2.05) is 0 Å². The van der Waals surface area contributed by atoms with Crippen molar-refractivity contribution in [2.24, 2.45) is 5.92 Å². The van der Waals surface area contributed by atoms with E-state index in [0.29, 0.717) is 6.04 Å². The molecule has 3 rings (SSSR count). The highest BCUT2D eigenvalue weighted by molar-refractivity contribution is 5.49. The molecule has 2 nitrogen and oxygen atoms in total. The number of hydrogen-bond acceptors (Lipinski definition) is 2. The van der Waals surface area contributed by atoms with Crippen molar-refractivity contribution in [3.8, 4) is 0 Å². The lowest BCUT2D eigenvalue weighted by atomic mass is 9.78. The molecule has 1 N–H and O–H groups in total. The van der Waals surface area contributed by atoms with Crippen LogP contribution in [0.2, 0.25) is 0 Å². The van der Waals surface area contributed by atoms with E-state index < -0.39 is 0 Å². The first-order valence-electron chi connectivity index (χ1n) is 8.83. The predicted molar refractivity (Wildman–Crippen MR) is 90.7 cm³/mol. The standard InChI is InChI=1S/C19H30N2/c1-15(2)20-14-16-9-11-18(12-10-16)21-13-5-7-17-6-3-4-8-19(17)21/h9-12,15,17,19-20H,3-8,13-14H2,1-2H3. The van der Waals surface area contributed by atoms with Crippen molar-refractivity contribution < 1.29 is 0 Å². The van der Waals surface area contributed by atoms with E-state index in [9.17, 15) is 0 Å². The molecule has 2 fully saturated rings. The summed E-state index contributed by atoms with van der Waals surface area (Å²) in [5.74, 6) is 0.954. The van der Waals surface area contributed by atoms with Crippen molar-refractivity contribution in [3.63, 3.8) is 0 Å². The van der Waals surface area contributed by atoms with Crippen LogP contribution in [0.25, 0.3) is 0 Å². The average molecular weight is 286 g/mol. The fourth-order valence-electron chi connectivity index (χ4n) is 4.07. The molecule has 1 saturated heterocycles. The third-order valence-corrected chi connectivity index (χ3v) is 5.23. The second-order valence-corrected chi connectivity index (χ2v) is 7.15. The molecule has 1 aromatic rings. The fraction of sp³-hybridized carbons (Fsp3) is 0.684. The molecular weight excluding hydrogens is 256 g/mol. The lowest BCUT2D eigenvalue weighted by Crippen LogP contribution is -2.46. The molecule has 0 amide bonds. The molecule has 2 aliphatic rings. The number of benzene rings is 1.